The van der Waals surface area contributed by atoms with Crippen LogP contribution in [0.4, 0.5) is 0 Å². The molecule has 0 aromatic carbocycles. The fourth-order valence-electron chi connectivity index (χ4n) is 7.77. The molecule has 4 aliphatic carbocycles. The van der Waals surface area contributed by atoms with Crippen LogP contribution in [0.25, 0.3) is 0 Å². The predicted octanol–water partition coefficient (Wildman–Crippen LogP) is 4.00. The normalized spacial score (nSPS) is 53.5. The number of carboxylic acids is 1. The van der Waals surface area contributed by atoms with Crippen molar-refractivity contribution in [2.45, 2.75) is 80.8 Å². The molecule has 9 heteroatoms. The summed E-state index contributed by atoms with van der Waals surface area (Å²) < 4.78 is 12.2. The molecule has 5 rings (SSSR count). The minimum absolute atomic E-state index is 0.0488. The van der Waals surface area contributed by atoms with Crippen LogP contribution in [0.5, 0.6) is 0 Å². The molecule has 1 saturated heterocycles. The minimum atomic E-state index is -1.60. The van der Waals surface area contributed by atoms with Crippen LogP contribution in [-0.4, -0.2) is 55.8 Å². The number of ether oxygens (including phenoxy) is 2. The largest absolute Gasteiger partial charge is 0.479 e. The summed E-state index contributed by atoms with van der Waals surface area (Å²) in [6.45, 7) is 7.13. The van der Waals surface area contributed by atoms with Crippen molar-refractivity contribution in [2.75, 3.05) is 0 Å². The van der Waals surface area contributed by atoms with Gasteiger partial charge in [0.1, 0.15) is 6.10 Å². The van der Waals surface area contributed by atoms with Crippen molar-refractivity contribution < 1.29 is 29.3 Å². The van der Waals surface area contributed by atoms with Gasteiger partial charge in [-0.3, -0.25) is 4.79 Å². The van der Waals surface area contributed by atoms with E-state index in [1.54, 1.807) is 19.9 Å². The Kier molecular flexibility index (Phi) is 4.71. The molecule has 0 amide bonds. The number of ketones is 1. The highest BCUT2D eigenvalue weighted by atomic mass is 35.5. The lowest BCUT2D eigenvalue weighted by molar-refractivity contribution is -0.230. The van der Waals surface area contributed by atoms with Gasteiger partial charge >= 0.3 is 5.97 Å². The zero-order valence-corrected chi connectivity index (χ0v) is 20.6. The van der Waals surface area contributed by atoms with Crippen LogP contribution in [0.3, 0.4) is 0 Å². The van der Waals surface area contributed by atoms with E-state index in [-0.39, 0.29) is 29.1 Å². The van der Waals surface area contributed by atoms with Crippen LogP contribution < -0.4 is 0 Å². The van der Waals surface area contributed by atoms with E-state index in [2.05, 4.69) is 0 Å². The SMILES string of the molecule is CC1(C)O[C@@H]2C[C@H]3[C@@H]4C[C@H](Cl)C5=C(Cl)C(=O)C=C[C@]5(C)[C@@]4(Cl)[C@@H](O)C[C@]3(C)[C@]2(C(=O)O)O1. The maximum Gasteiger partial charge on any atom is 0.339 e. The van der Waals surface area contributed by atoms with E-state index in [0.29, 0.717) is 18.4 Å². The molecule has 9 atom stereocenters. The number of carbonyl (C=O) groups is 2. The van der Waals surface area contributed by atoms with Crippen molar-refractivity contribution in [2.24, 2.45) is 22.7 Å². The van der Waals surface area contributed by atoms with E-state index >= 15 is 0 Å². The molecule has 1 heterocycles. The van der Waals surface area contributed by atoms with Crippen LogP contribution in [0.2, 0.25) is 0 Å². The maximum absolute atomic E-state index is 12.7. The Morgan fingerprint density at radius 2 is 1.84 bits per heavy atom. The summed E-state index contributed by atoms with van der Waals surface area (Å²) in [6.07, 6.45) is 2.21. The van der Waals surface area contributed by atoms with Crippen LogP contribution in [0, 0.1) is 22.7 Å². The lowest BCUT2D eigenvalue weighted by Gasteiger charge is -2.64. The molecule has 6 nitrogen and oxygen atoms in total. The van der Waals surface area contributed by atoms with Crippen molar-refractivity contribution in [1.29, 1.82) is 0 Å². The Morgan fingerprint density at radius 1 is 1.19 bits per heavy atom. The fraction of sp³-hybridized carbons (Fsp3) is 0.739. The Morgan fingerprint density at radius 3 is 2.47 bits per heavy atom. The number of alkyl halides is 2. The molecule has 0 unspecified atom stereocenters. The standard InChI is InChI=1S/C23H27Cl3O6/c1-19(2)31-15-8-10-11-7-12(24)16-17(25)13(27)5-6-20(16,3)22(11,26)14(28)9-21(10,4)23(15,32-19)18(29)30/h5-6,10-12,14-15,28H,7-9H2,1-4H3,(H,29,30)/t10-,11-,12-,14-,15+,20-,21-,22-,23-/m0/s1. The van der Waals surface area contributed by atoms with Crippen molar-refractivity contribution in [3.8, 4) is 0 Å². The lowest BCUT2D eigenvalue weighted by atomic mass is 9.45. The van der Waals surface area contributed by atoms with E-state index in [1.165, 1.54) is 6.08 Å². The number of rotatable bonds is 1. The second-order valence-corrected chi connectivity index (χ2v) is 12.4. The molecule has 0 aromatic heterocycles. The topological polar surface area (TPSA) is 93.1 Å². The van der Waals surface area contributed by atoms with Crippen molar-refractivity contribution >= 4 is 46.6 Å². The Balaban J connectivity index is 1.68. The number of allylic oxidation sites excluding steroid dienone is 4. The number of aliphatic hydroxyl groups is 1. The van der Waals surface area contributed by atoms with Gasteiger partial charge in [-0.25, -0.2) is 4.79 Å². The van der Waals surface area contributed by atoms with E-state index < -0.39 is 50.6 Å². The fourth-order valence-corrected chi connectivity index (χ4v) is 9.22. The van der Waals surface area contributed by atoms with Crippen LogP contribution in [0.1, 0.15) is 47.0 Å². The Hall–Kier alpha value is -0.630. The Bertz CT molecular complexity index is 992. The molecule has 2 N–H and O–H groups in total. The number of carbonyl (C=O) groups excluding carboxylic acids is 1. The first kappa shape index (κ1) is 23.1. The van der Waals surface area contributed by atoms with E-state index in [0.717, 1.165) is 0 Å². The molecular formula is C23H27Cl3O6. The summed E-state index contributed by atoms with van der Waals surface area (Å²) >= 11 is 20.6. The smallest absolute Gasteiger partial charge is 0.339 e. The number of fused-ring (bicyclic) bond motifs is 7. The van der Waals surface area contributed by atoms with Crippen LogP contribution in [-0.2, 0) is 19.1 Å². The van der Waals surface area contributed by atoms with Gasteiger partial charge in [0.2, 0.25) is 0 Å². The third-order valence-electron chi connectivity index (χ3n) is 9.02. The molecule has 5 aliphatic rings. The lowest BCUT2D eigenvalue weighted by Crippen LogP contribution is -2.70. The average Bonchev–Trinajstić information content (AvgIpc) is 3.08. The number of aliphatic carboxylic acids is 1. The van der Waals surface area contributed by atoms with Gasteiger partial charge in [-0.2, -0.15) is 0 Å². The summed E-state index contributed by atoms with van der Waals surface area (Å²) in [4.78, 5) is 23.8. The van der Waals surface area contributed by atoms with Gasteiger partial charge in [-0.15, -0.1) is 23.2 Å². The molecule has 32 heavy (non-hydrogen) atoms. The molecule has 176 valence electrons. The zero-order valence-electron chi connectivity index (χ0n) is 18.3. The Labute approximate surface area is 201 Å². The summed E-state index contributed by atoms with van der Waals surface area (Å²) in [5, 5.41) is 21.5. The zero-order chi connectivity index (χ0) is 23.6. The average molecular weight is 506 g/mol. The molecular weight excluding hydrogens is 479 g/mol. The van der Waals surface area contributed by atoms with Crippen molar-refractivity contribution in [3.05, 3.63) is 22.8 Å². The minimum Gasteiger partial charge on any atom is -0.479 e. The first-order valence-corrected chi connectivity index (χ1v) is 12.1. The number of hydrogen-bond acceptors (Lipinski definition) is 5. The molecule has 0 aromatic rings. The number of aliphatic hydroxyl groups excluding tert-OH is 1. The maximum atomic E-state index is 12.7. The van der Waals surface area contributed by atoms with E-state index in [4.69, 9.17) is 44.3 Å². The van der Waals surface area contributed by atoms with Gasteiger partial charge < -0.3 is 19.7 Å². The highest BCUT2D eigenvalue weighted by Crippen LogP contribution is 2.73. The number of halogens is 3. The van der Waals surface area contributed by atoms with Gasteiger partial charge in [-0.05, 0) is 56.6 Å². The molecule has 0 spiro atoms. The third kappa shape index (κ3) is 2.39. The van der Waals surface area contributed by atoms with Crippen molar-refractivity contribution in [1.82, 2.24) is 0 Å². The summed E-state index contributed by atoms with van der Waals surface area (Å²) in [7, 11) is 0. The van der Waals surface area contributed by atoms with Crippen LogP contribution >= 0.6 is 34.8 Å². The molecule has 0 bridgehead atoms. The van der Waals surface area contributed by atoms with Gasteiger partial charge in [0.15, 0.2) is 17.2 Å². The van der Waals surface area contributed by atoms with Gasteiger partial charge in [0, 0.05) is 10.8 Å². The first-order valence-electron chi connectivity index (χ1n) is 10.9. The third-order valence-corrected chi connectivity index (χ3v) is 10.7. The summed E-state index contributed by atoms with van der Waals surface area (Å²) in [6, 6.07) is 0. The monoisotopic (exact) mass is 504 g/mol. The van der Waals surface area contributed by atoms with Gasteiger partial charge in [0.05, 0.1) is 21.4 Å². The molecule has 1 aliphatic heterocycles. The van der Waals surface area contributed by atoms with E-state index in [1.807, 2.05) is 13.8 Å². The second-order valence-electron chi connectivity index (χ2n) is 10.8. The quantitative estimate of drug-likeness (QED) is 0.523. The van der Waals surface area contributed by atoms with Crippen molar-refractivity contribution in [3.63, 3.8) is 0 Å². The highest BCUT2D eigenvalue weighted by molar-refractivity contribution is 6.46. The second kappa shape index (κ2) is 6.52. The van der Waals surface area contributed by atoms with Crippen LogP contribution in [0.15, 0.2) is 22.8 Å². The number of carboxylic acid groups (broad SMARTS) is 1. The molecule has 0 radical (unpaired) electrons. The predicted molar refractivity (Wildman–Crippen MR) is 119 cm³/mol. The van der Waals surface area contributed by atoms with Gasteiger partial charge in [0.25, 0.3) is 0 Å². The van der Waals surface area contributed by atoms with Gasteiger partial charge in [-0.1, -0.05) is 31.5 Å². The number of hydrogen-bond donors (Lipinski definition) is 2. The molecule has 4 fully saturated rings. The molecule has 3 saturated carbocycles. The highest BCUT2D eigenvalue weighted by Gasteiger charge is 2.80. The summed E-state index contributed by atoms with van der Waals surface area (Å²) in [5.41, 5.74) is -2.98. The first-order chi connectivity index (χ1) is 14.7. The summed E-state index contributed by atoms with van der Waals surface area (Å²) in [5.74, 6) is -3.06. The van der Waals surface area contributed by atoms with E-state index in [9.17, 15) is 19.8 Å².